The highest BCUT2D eigenvalue weighted by molar-refractivity contribution is 6.33. The summed E-state index contributed by atoms with van der Waals surface area (Å²) in [5, 5.41) is 4.81. The topological polar surface area (TPSA) is 59.0 Å². The van der Waals surface area contributed by atoms with Gasteiger partial charge < -0.3 is 15.2 Å². The summed E-state index contributed by atoms with van der Waals surface area (Å²) in [7, 11) is 0. The molecule has 0 spiro atoms. The summed E-state index contributed by atoms with van der Waals surface area (Å²) in [5.41, 5.74) is 2.84. The second kappa shape index (κ2) is 6.42. The first-order valence-corrected chi connectivity index (χ1v) is 8.23. The third-order valence-electron chi connectivity index (χ3n) is 4.30. The van der Waals surface area contributed by atoms with Crippen LogP contribution in [0.2, 0.25) is 5.02 Å². The fraction of sp³-hybridized carbons (Fsp3) is 0.111. The average molecular weight is 375 g/mol. The molecule has 2 N–H and O–H groups in total. The van der Waals surface area contributed by atoms with Crippen LogP contribution in [-0.2, 0) is 0 Å². The third kappa shape index (κ3) is 2.80. The average Bonchev–Trinajstić information content (AvgIpc) is 3.17. The van der Waals surface area contributed by atoms with Gasteiger partial charge in [-0.3, -0.25) is 0 Å². The predicted molar refractivity (Wildman–Crippen MR) is 94.2 cm³/mol. The Hall–Kier alpha value is -2.93. The minimum Gasteiger partial charge on any atom is -0.335 e. The fourth-order valence-corrected chi connectivity index (χ4v) is 3.39. The van der Waals surface area contributed by atoms with Gasteiger partial charge in [0.2, 0.25) is 0 Å². The molecule has 2 aromatic carbocycles. The SMILES string of the molecule is O=C(NCC1c2ccccc2-c2cncn21)Nc1c(F)cc(F)cc1Cl. The number of urea groups is 1. The minimum absolute atomic E-state index is 0.122. The van der Waals surface area contributed by atoms with Crippen LogP contribution in [0, 0.1) is 11.6 Å². The number of carbonyl (C=O) groups excluding carboxylic acids is 1. The number of carbonyl (C=O) groups is 1. The van der Waals surface area contributed by atoms with Gasteiger partial charge in [0, 0.05) is 18.2 Å². The maximum absolute atomic E-state index is 13.8. The van der Waals surface area contributed by atoms with Crippen LogP contribution < -0.4 is 10.6 Å². The first-order valence-electron chi connectivity index (χ1n) is 7.85. The van der Waals surface area contributed by atoms with Crippen molar-refractivity contribution in [2.24, 2.45) is 0 Å². The van der Waals surface area contributed by atoms with Crippen molar-refractivity contribution in [2.45, 2.75) is 6.04 Å². The zero-order valence-electron chi connectivity index (χ0n) is 13.3. The van der Waals surface area contributed by atoms with Gasteiger partial charge in [-0.1, -0.05) is 35.9 Å². The largest absolute Gasteiger partial charge is 0.335 e. The summed E-state index contributed by atoms with van der Waals surface area (Å²) in [4.78, 5) is 16.3. The number of nitrogens with one attached hydrogen (secondary N) is 2. The number of benzene rings is 2. The van der Waals surface area contributed by atoms with Gasteiger partial charge in [0.15, 0.2) is 5.82 Å². The zero-order chi connectivity index (χ0) is 18.3. The molecule has 1 aliphatic rings. The predicted octanol–water partition coefficient (Wildman–Crippen LogP) is 4.21. The molecule has 132 valence electrons. The van der Waals surface area contributed by atoms with Crippen molar-refractivity contribution in [1.82, 2.24) is 14.9 Å². The number of rotatable bonds is 3. The van der Waals surface area contributed by atoms with Gasteiger partial charge in [0.1, 0.15) is 5.82 Å². The van der Waals surface area contributed by atoms with Gasteiger partial charge in [0.25, 0.3) is 0 Å². The van der Waals surface area contributed by atoms with E-state index in [4.69, 9.17) is 11.6 Å². The summed E-state index contributed by atoms with van der Waals surface area (Å²) in [6.45, 7) is 0.270. The van der Waals surface area contributed by atoms with Crippen LogP contribution >= 0.6 is 11.6 Å². The van der Waals surface area contributed by atoms with Crippen LogP contribution in [0.1, 0.15) is 11.6 Å². The molecule has 0 fully saturated rings. The van der Waals surface area contributed by atoms with E-state index in [1.807, 2.05) is 28.8 Å². The highest BCUT2D eigenvalue weighted by Crippen LogP contribution is 2.38. The molecule has 1 aromatic heterocycles. The minimum atomic E-state index is -0.937. The molecule has 3 aromatic rings. The molecule has 5 nitrogen and oxygen atoms in total. The highest BCUT2D eigenvalue weighted by atomic mass is 35.5. The molecule has 1 aliphatic heterocycles. The molecule has 0 aliphatic carbocycles. The van der Waals surface area contributed by atoms with Gasteiger partial charge in [-0.2, -0.15) is 0 Å². The molecule has 26 heavy (non-hydrogen) atoms. The van der Waals surface area contributed by atoms with Crippen molar-refractivity contribution in [2.75, 3.05) is 11.9 Å². The molecule has 0 bridgehead atoms. The number of halogens is 3. The number of anilines is 1. The number of fused-ring (bicyclic) bond motifs is 3. The van der Waals surface area contributed by atoms with E-state index < -0.39 is 17.7 Å². The van der Waals surface area contributed by atoms with Crippen molar-refractivity contribution >= 4 is 23.3 Å². The molecule has 0 radical (unpaired) electrons. The molecule has 1 unspecified atom stereocenters. The number of nitrogens with zero attached hydrogens (tertiary/aromatic N) is 2. The van der Waals surface area contributed by atoms with Crippen LogP contribution in [-0.4, -0.2) is 22.1 Å². The Morgan fingerprint density at radius 2 is 2.08 bits per heavy atom. The first-order chi connectivity index (χ1) is 12.5. The van der Waals surface area contributed by atoms with Crippen molar-refractivity contribution < 1.29 is 13.6 Å². The second-order valence-corrected chi connectivity index (χ2v) is 6.28. The number of amides is 2. The molecule has 2 amide bonds. The van der Waals surface area contributed by atoms with Crippen LogP contribution in [0.4, 0.5) is 19.3 Å². The van der Waals surface area contributed by atoms with E-state index in [-0.39, 0.29) is 23.3 Å². The van der Waals surface area contributed by atoms with E-state index in [2.05, 4.69) is 15.6 Å². The summed E-state index contributed by atoms with van der Waals surface area (Å²) in [5.74, 6) is -1.75. The van der Waals surface area contributed by atoms with Crippen LogP contribution in [0.15, 0.2) is 48.9 Å². The summed E-state index contributed by atoms with van der Waals surface area (Å²) in [6.07, 6.45) is 3.47. The van der Waals surface area contributed by atoms with Crippen LogP contribution in [0.25, 0.3) is 11.3 Å². The van der Waals surface area contributed by atoms with Crippen molar-refractivity contribution in [3.05, 3.63) is 71.1 Å². The summed E-state index contributed by atoms with van der Waals surface area (Å²) < 4.78 is 28.8. The lowest BCUT2D eigenvalue weighted by atomic mass is 10.0. The molecule has 0 saturated heterocycles. The molecule has 0 saturated carbocycles. The lowest BCUT2D eigenvalue weighted by molar-refractivity contribution is 0.251. The summed E-state index contributed by atoms with van der Waals surface area (Å²) >= 11 is 5.79. The normalized spacial score (nSPS) is 14.7. The van der Waals surface area contributed by atoms with E-state index in [1.165, 1.54) is 0 Å². The van der Waals surface area contributed by atoms with Crippen molar-refractivity contribution in [3.63, 3.8) is 0 Å². The Labute approximate surface area is 152 Å². The maximum Gasteiger partial charge on any atom is 0.319 e. The Kier molecular flexibility index (Phi) is 4.08. The Balaban J connectivity index is 1.49. The van der Waals surface area contributed by atoms with Gasteiger partial charge in [-0.05, 0) is 11.6 Å². The van der Waals surface area contributed by atoms with E-state index in [9.17, 15) is 13.6 Å². The standard InChI is InChI=1S/C18H13ClF2N4O/c19-13-5-10(20)6-14(21)17(13)24-18(26)23-8-16-12-4-2-1-3-11(12)15-7-22-9-25(15)16/h1-7,9,16H,8H2,(H2,23,24,26). The molecule has 4 rings (SSSR count). The number of hydrogen-bond donors (Lipinski definition) is 2. The maximum atomic E-state index is 13.8. The van der Waals surface area contributed by atoms with E-state index in [0.29, 0.717) is 6.07 Å². The molecule has 8 heteroatoms. The summed E-state index contributed by atoms with van der Waals surface area (Å²) in [6, 6.07) is 8.70. The molecule has 2 heterocycles. The number of aromatic nitrogens is 2. The van der Waals surface area contributed by atoms with Gasteiger partial charge >= 0.3 is 6.03 Å². The molecular weight excluding hydrogens is 362 g/mol. The first kappa shape index (κ1) is 16.5. The Morgan fingerprint density at radius 3 is 2.88 bits per heavy atom. The van der Waals surface area contributed by atoms with Crippen molar-refractivity contribution in [3.8, 4) is 11.3 Å². The quantitative estimate of drug-likeness (QED) is 0.721. The highest BCUT2D eigenvalue weighted by Gasteiger charge is 2.28. The Bertz CT molecular complexity index is 981. The number of hydrogen-bond acceptors (Lipinski definition) is 2. The van der Waals surface area contributed by atoms with Gasteiger partial charge in [-0.25, -0.2) is 18.6 Å². The van der Waals surface area contributed by atoms with Crippen molar-refractivity contribution in [1.29, 1.82) is 0 Å². The van der Waals surface area contributed by atoms with E-state index in [1.54, 1.807) is 12.5 Å². The van der Waals surface area contributed by atoms with E-state index in [0.717, 1.165) is 22.9 Å². The third-order valence-corrected chi connectivity index (χ3v) is 4.60. The Morgan fingerprint density at radius 1 is 1.27 bits per heavy atom. The zero-order valence-corrected chi connectivity index (χ0v) is 14.1. The van der Waals surface area contributed by atoms with E-state index >= 15 is 0 Å². The monoisotopic (exact) mass is 374 g/mol. The molecular formula is C18H13ClF2N4O. The lowest BCUT2D eigenvalue weighted by Gasteiger charge is -2.16. The fourth-order valence-electron chi connectivity index (χ4n) is 3.15. The molecule has 1 atom stereocenters. The van der Waals surface area contributed by atoms with Crippen LogP contribution in [0.5, 0.6) is 0 Å². The van der Waals surface area contributed by atoms with Crippen LogP contribution in [0.3, 0.4) is 0 Å². The lowest BCUT2D eigenvalue weighted by Crippen LogP contribution is -2.34. The smallest absolute Gasteiger partial charge is 0.319 e. The van der Waals surface area contributed by atoms with Gasteiger partial charge in [0.05, 0.1) is 35.0 Å². The number of imidazole rings is 1. The second-order valence-electron chi connectivity index (χ2n) is 5.87. The van der Waals surface area contributed by atoms with Gasteiger partial charge in [-0.15, -0.1) is 0 Å².